The highest BCUT2D eigenvalue weighted by Crippen LogP contribution is 2.26. The first-order valence-corrected chi connectivity index (χ1v) is 7.30. The number of nitrogens with one attached hydrogen (secondary N) is 1. The Morgan fingerprint density at radius 2 is 2.28 bits per heavy atom. The van der Waals surface area contributed by atoms with Crippen LogP contribution in [0.1, 0.15) is 18.5 Å². The van der Waals surface area contributed by atoms with E-state index in [1.54, 1.807) is 24.3 Å². The number of hydrogen-bond donors (Lipinski definition) is 1. The topological polar surface area (TPSA) is 25.2 Å². The van der Waals surface area contributed by atoms with E-state index in [1.165, 1.54) is 10.5 Å². The van der Waals surface area contributed by atoms with Crippen molar-refractivity contribution in [2.45, 2.75) is 17.9 Å². The van der Waals surface area contributed by atoms with Gasteiger partial charge in [0.15, 0.2) is 0 Å². The minimum atomic E-state index is 0.303. The second-order valence-electron chi connectivity index (χ2n) is 3.94. The molecule has 0 aliphatic heterocycles. The van der Waals surface area contributed by atoms with Crippen molar-refractivity contribution >= 4 is 23.4 Å². The Hall–Kier alpha value is -0.900. The molecule has 0 saturated heterocycles. The van der Waals surface area contributed by atoms with Gasteiger partial charge in [0.2, 0.25) is 0 Å². The van der Waals surface area contributed by atoms with Crippen LogP contribution in [-0.4, -0.2) is 12.3 Å². The first-order valence-electron chi connectivity index (χ1n) is 5.93. The standard InChI is InChI=1S/C14H16ClNOS/c1-2-16-14(11-6-7-17-9-11)10-18-13-5-3-4-12(15)8-13/h3-9,14,16H,2,10H2,1H3. The minimum Gasteiger partial charge on any atom is -0.472 e. The van der Waals surface area contributed by atoms with Crippen LogP contribution in [-0.2, 0) is 0 Å². The van der Waals surface area contributed by atoms with Crippen LogP contribution in [0, 0.1) is 0 Å². The molecule has 0 fully saturated rings. The highest BCUT2D eigenvalue weighted by atomic mass is 35.5. The summed E-state index contributed by atoms with van der Waals surface area (Å²) in [5, 5.41) is 4.24. The Morgan fingerprint density at radius 3 is 2.94 bits per heavy atom. The number of halogens is 1. The van der Waals surface area contributed by atoms with E-state index in [1.807, 2.05) is 24.3 Å². The van der Waals surface area contributed by atoms with E-state index < -0.39 is 0 Å². The number of thioether (sulfide) groups is 1. The van der Waals surface area contributed by atoms with Gasteiger partial charge >= 0.3 is 0 Å². The molecule has 0 aliphatic rings. The fourth-order valence-electron chi connectivity index (χ4n) is 1.73. The summed E-state index contributed by atoms with van der Waals surface area (Å²) in [7, 11) is 0. The lowest BCUT2D eigenvalue weighted by Gasteiger charge is -2.15. The van der Waals surface area contributed by atoms with E-state index in [0.29, 0.717) is 6.04 Å². The van der Waals surface area contributed by atoms with Crippen molar-refractivity contribution in [1.29, 1.82) is 0 Å². The lowest BCUT2D eigenvalue weighted by atomic mass is 10.2. The van der Waals surface area contributed by atoms with Gasteiger partial charge in [-0.25, -0.2) is 0 Å². The molecule has 96 valence electrons. The van der Waals surface area contributed by atoms with Gasteiger partial charge in [-0.05, 0) is 30.8 Å². The van der Waals surface area contributed by atoms with Crippen molar-refractivity contribution in [1.82, 2.24) is 5.32 Å². The molecule has 1 unspecified atom stereocenters. The van der Waals surface area contributed by atoms with Crippen molar-refractivity contribution in [3.05, 3.63) is 53.4 Å². The molecule has 2 aromatic rings. The molecule has 1 N–H and O–H groups in total. The van der Waals surface area contributed by atoms with Crippen LogP contribution in [0.25, 0.3) is 0 Å². The zero-order valence-corrected chi connectivity index (χ0v) is 11.8. The molecule has 1 atom stereocenters. The molecule has 0 spiro atoms. The molecular formula is C14H16ClNOS. The van der Waals surface area contributed by atoms with Crippen molar-refractivity contribution in [3.63, 3.8) is 0 Å². The molecule has 0 amide bonds. The zero-order valence-electron chi connectivity index (χ0n) is 10.2. The third kappa shape index (κ3) is 3.80. The first-order chi connectivity index (χ1) is 8.79. The predicted molar refractivity (Wildman–Crippen MR) is 77.3 cm³/mol. The predicted octanol–water partition coefficient (Wildman–Crippen LogP) is 4.38. The van der Waals surface area contributed by atoms with E-state index in [0.717, 1.165) is 17.3 Å². The van der Waals surface area contributed by atoms with Crippen molar-refractivity contribution in [2.24, 2.45) is 0 Å². The summed E-state index contributed by atoms with van der Waals surface area (Å²) in [6.45, 7) is 3.04. The fraction of sp³-hybridized carbons (Fsp3) is 0.286. The summed E-state index contributed by atoms with van der Waals surface area (Å²) in [6.07, 6.45) is 3.51. The zero-order chi connectivity index (χ0) is 12.8. The van der Waals surface area contributed by atoms with Gasteiger partial charge in [0.1, 0.15) is 0 Å². The van der Waals surface area contributed by atoms with Gasteiger partial charge in [-0.15, -0.1) is 11.8 Å². The first kappa shape index (κ1) is 13.5. The number of rotatable bonds is 6. The third-order valence-corrected chi connectivity index (χ3v) is 3.93. The van der Waals surface area contributed by atoms with Gasteiger partial charge in [-0.1, -0.05) is 24.6 Å². The van der Waals surface area contributed by atoms with E-state index in [4.69, 9.17) is 16.0 Å². The molecule has 0 saturated carbocycles. The summed E-state index contributed by atoms with van der Waals surface area (Å²) >= 11 is 7.77. The molecule has 0 bridgehead atoms. The maximum absolute atomic E-state index is 5.98. The van der Waals surface area contributed by atoms with Gasteiger partial charge in [-0.3, -0.25) is 0 Å². The average molecular weight is 282 g/mol. The smallest absolute Gasteiger partial charge is 0.0950 e. The van der Waals surface area contributed by atoms with Crippen LogP contribution >= 0.6 is 23.4 Å². The summed E-state index contributed by atoms with van der Waals surface area (Å²) < 4.78 is 5.14. The monoisotopic (exact) mass is 281 g/mol. The average Bonchev–Trinajstić information content (AvgIpc) is 2.88. The van der Waals surface area contributed by atoms with Crippen molar-refractivity contribution in [2.75, 3.05) is 12.3 Å². The van der Waals surface area contributed by atoms with Gasteiger partial charge in [0, 0.05) is 27.3 Å². The fourth-order valence-corrected chi connectivity index (χ4v) is 3.04. The Morgan fingerprint density at radius 1 is 1.39 bits per heavy atom. The van der Waals surface area contributed by atoms with Crippen LogP contribution in [0.4, 0.5) is 0 Å². The highest BCUT2D eigenvalue weighted by molar-refractivity contribution is 7.99. The molecule has 18 heavy (non-hydrogen) atoms. The molecule has 2 nitrogen and oxygen atoms in total. The van der Waals surface area contributed by atoms with Crippen LogP contribution in [0.5, 0.6) is 0 Å². The normalized spacial score (nSPS) is 12.6. The molecule has 2 rings (SSSR count). The Balaban J connectivity index is 1.98. The number of hydrogen-bond acceptors (Lipinski definition) is 3. The quantitative estimate of drug-likeness (QED) is 0.796. The summed E-state index contributed by atoms with van der Waals surface area (Å²) in [5.41, 5.74) is 1.19. The summed E-state index contributed by atoms with van der Waals surface area (Å²) in [6, 6.07) is 10.2. The maximum Gasteiger partial charge on any atom is 0.0950 e. The molecule has 1 aromatic heterocycles. The van der Waals surface area contributed by atoms with Crippen molar-refractivity contribution in [3.8, 4) is 0 Å². The Kier molecular flexibility index (Phi) is 5.17. The number of furan rings is 1. The maximum atomic E-state index is 5.98. The van der Waals surface area contributed by atoms with Crippen LogP contribution in [0.2, 0.25) is 5.02 Å². The molecule has 4 heteroatoms. The van der Waals surface area contributed by atoms with Crippen molar-refractivity contribution < 1.29 is 4.42 Å². The Labute approximate surface area is 117 Å². The van der Waals surface area contributed by atoms with Gasteiger partial charge < -0.3 is 9.73 Å². The lowest BCUT2D eigenvalue weighted by Crippen LogP contribution is -2.22. The van der Waals surface area contributed by atoms with E-state index in [9.17, 15) is 0 Å². The van der Waals surface area contributed by atoms with Crippen LogP contribution in [0.3, 0.4) is 0 Å². The third-order valence-electron chi connectivity index (χ3n) is 2.61. The lowest BCUT2D eigenvalue weighted by molar-refractivity contribution is 0.548. The van der Waals surface area contributed by atoms with E-state index >= 15 is 0 Å². The van der Waals surface area contributed by atoms with E-state index in [2.05, 4.69) is 18.3 Å². The van der Waals surface area contributed by atoms with Crippen LogP contribution in [0.15, 0.2) is 52.2 Å². The van der Waals surface area contributed by atoms with Gasteiger partial charge in [0.25, 0.3) is 0 Å². The van der Waals surface area contributed by atoms with Gasteiger partial charge in [-0.2, -0.15) is 0 Å². The Bertz CT molecular complexity index is 472. The highest BCUT2D eigenvalue weighted by Gasteiger charge is 2.11. The summed E-state index contributed by atoms with van der Waals surface area (Å²) in [4.78, 5) is 1.19. The second-order valence-corrected chi connectivity index (χ2v) is 5.47. The summed E-state index contributed by atoms with van der Waals surface area (Å²) in [5.74, 6) is 0.952. The molecule has 1 heterocycles. The molecule has 0 aliphatic carbocycles. The number of benzene rings is 1. The van der Waals surface area contributed by atoms with E-state index in [-0.39, 0.29) is 0 Å². The molecular weight excluding hydrogens is 266 g/mol. The second kappa shape index (κ2) is 6.88. The molecule has 0 radical (unpaired) electrons. The van der Waals surface area contributed by atoms with Crippen LogP contribution < -0.4 is 5.32 Å². The van der Waals surface area contributed by atoms with Gasteiger partial charge in [0.05, 0.1) is 12.5 Å². The minimum absolute atomic E-state index is 0.303. The SMILES string of the molecule is CCNC(CSc1cccc(Cl)c1)c1ccoc1. The molecule has 1 aromatic carbocycles. The largest absolute Gasteiger partial charge is 0.472 e.